The first-order chi connectivity index (χ1) is 8.97. The lowest BCUT2D eigenvalue weighted by Gasteiger charge is -2.34. The van der Waals surface area contributed by atoms with Crippen molar-refractivity contribution in [3.05, 3.63) is 0 Å². The van der Waals surface area contributed by atoms with Crippen LogP contribution in [0.3, 0.4) is 0 Å². The zero-order valence-corrected chi connectivity index (χ0v) is 11.9. The number of hydrogen-bond donors (Lipinski definition) is 2. The molecule has 1 heterocycles. The Hall–Kier alpha value is -1.30. The summed E-state index contributed by atoms with van der Waals surface area (Å²) in [7, 11) is 1.61. The molecule has 3 atom stereocenters. The fraction of sp³-hybridized carbons (Fsp3) is 0.846. The summed E-state index contributed by atoms with van der Waals surface area (Å²) in [6.07, 6.45) is 1.46. The number of nitrogens with one attached hydrogen (secondary N) is 1. The van der Waals surface area contributed by atoms with Gasteiger partial charge in [0, 0.05) is 26.7 Å². The minimum atomic E-state index is -0.826. The van der Waals surface area contributed by atoms with Gasteiger partial charge in [0.25, 0.3) is 0 Å². The maximum atomic E-state index is 12.0. The van der Waals surface area contributed by atoms with E-state index in [1.54, 1.807) is 12.0 Å². The molecule has 0 aromatic carbocycles. The highest BCUT2D eigenvalue weighted by Gasteiger charge is 2.31. The van der Waals surface area contributed by atoms with Crippen molar-refractivity contribution >= 4 is 12.0 Å². The third-order valence-electron chi connectivity index (χ3n) is 3.57. The van der Waals surface area contributed by atoms with Gasteiger partial charge in [-0.05, 0) is 18.8 Å². The Morgan fingerprint density at radius 1 is 1.47 bits per heavy atom. The number of piperidine rings is 1. The van der Waals surface area contributed by atoms with Gasteiger partial charge in [-0.3, -0.25) is 4.79 Å². The summed E-state index contributed by atoms with van der Waals surface area (Å²) in [5, 5.41) is 11.9. The SMILES string of the molecule is CCC(CNC(=O)N1CC(C)CC(C(=O)O)C1)OC. The maximum Gasteiger partial charge on any atom is 0.317 e. The second-order valence-electron chi connectivity index (χ2n) is 5.23. The summed E-state index contributed by atoms with van der Waals surface area (Å²) in [6.45, 7) is 5.31. The molecule has 0 bridgehead atoms. The molecule has 1 saturated heterocycles. The first-order valence-corrected chi connectivity index (χ1v) is 6.76. The fourth-order valence-corrected chi connectivity index (χ4v) is 2.40. The molecule has 2 amide bonds. The number of hydrogen-bond acceptors (Lipinski definition) is 3. The second-order valence-corrected chi connectivity index (χ2v) is 5.23. The van der Waals surface area contributed by atoms with Crippen LogP contribution in [0.1, 0.15) is 26.7 Å². The molecule has 0 saturated carbocycles. The Morgan fingerprint density at radius 3 is 2.68 bits per heavy atom. The minimum Gasteiger partial charge on any atom is -0.481 e. The average Bonchev–Trinajstić information content (AvgIpc) is 2.38. The van der Waals surface area contributed by atoms with Crippen molar-refractivity contribution in [3.63, 3.8) is 0 Å². The molecule has 0 radical (unpaired) electrons. The monoisotopic (exact) mass is 272 g/mol. The third kappa shape index (κ3) is 4.70. The van der Waals surface area contributed by atoms with Crippen LogP contribution in [0.5, 0.6) is 0 Å². The number of carbonyl (C=O) groups is 2. The molecule has 110 valence electrons. The molecule has 1 aliphatic rings. The van der Waals surface area contributed by atoms with Crippen LogP contribution in [0, 0.1) is 11.8 Å². The van der Waals surface area contributed by atoms with Crippen LogP contribution in [-0.2, 0) is 9.53 Å². The smallest absolute Gasteiger partial charge is 0.317 e. The van der Waals surface area contributed by atoms with E-state index < -0.39 is 11.9 Å². The Labute approximate surface area is 114 Å². The zero-order valence-electron chi connectivity index (χ0n) is 11.9. The fourth-order valence-electron chi connectivity index (χ4n) is 2.40. The van der Waals surface area contributed by atoms with E-state index in [0.29, 0.717) is 19.5 Å². The van der Waals surface area contributed by atoms with Gasteiger partial charge < -0.3 is 20.1 Å². The van der Waals surface area contributed by atoms with Crippen molar-refractivity contribution in [2.24, 2.45) is 11.8 Å². The van der Waals surface area contributed by atoms with Gasteiger partial charge in [-0.2, -0.15) is 0 Å². The number of amides is 2. The minimum absolute atomic E-state index is 0.00133. The van der Waals surface area contributed by atoms with Crippen molar-refractivity contribution in [2.45, 2.75) is 32.8 Å². The number of rotatable bonds is 5. The van der Waals surface area contributed by atoms with Gasteiger partial charge in [0.1, 0.15) is 0 Å². The summed E-state index contributed by atoms with van der Waals surface area (Å²) in [4.78, 5) is 24.7. The molecule has 0 spiro atoms. The molecule has 6 nitrogen and oxygen atoms in total. The molecule has 0 aliphatic carbocycles. The van der Waals surface area contributed by atoms with Crippen molar-refractivity contribution in [1.82, 2.24) is 10.2 Å². The van der Waals surface area contributed by atoms with E-state index in [4.69, 9.17) is 9.84 Å². The molecule has 2 N–H and O–H groups in total. The lowest BCUT2D eigenvalue weighted by molar-refractivity contribution is -0.143. The van der Waals surface area contributed by atoms with Crippen molar-refractivity contribution in [2.75, 3.05) is 26.7 Å². The van der Waals surface area contributed by atoms with Crippen molar-refractivity contribution in [1.29, 1.82) is 0 Å². The number of carbonyl (C=O) groups excluding carboxylic acids is 1. The van der Waals surface area contributed by atoms with Crippen LogP contribution in [0.15, 0.2) is 0 Å². The normalized spacial score (nSPS) is 24.9. The van der Waals surface area contributed by atoms with Crippen LogP contribution >= 0.6 is 0 Å². The van der Waals surface area contributed by atoms with E-state index in [1.165, 1.54) is 0 Å². The number of ether oxygens (including phenoxy) is 1. The molecule has 19 heavy (non-hydrogen) atoms. The van der Waals surface area contributed by atoms with E-state index in [2.05, 4.69) is 5.32 Å². The van der Waals surface area contributed by atoms with E-state index in [9.17, 15) is 9.59 Å². The highest BCUT2D eigenvalue weighted by atomic mass is 16.5. The molecule has 0 aromatic heterocycles. The van der Waals surface area contributed by atoms with Gasteiger partial charge in [-0.1, -0.05) is 13.8 Å². The zero-order chi connectivity index (χ0) is 14.4. The summed E-state index contributed by atoms with van der Waals surface area (Å²) in [6, 6.07) is -0.201. The molecule has 6 heteroatoms. The largest absolute Gasteiger partial charge is 0.481 e. The van der Waals surface area contributed by atoms with Gasteiger partial charge >= 0.3 is 12.0 Å². The predicted octanol–water partition coefficient (Wildman–Crippen LogP) is 1.16. The summed E-state index contributed by atoms with van der Waals surface area (Å²) in [5.74, 6) is -1.07. The lowest BCUT2D eigenvalue weighted by atomic mass is 9.91. The number of carboxylic acid groups (broad SMARTS) is 1. The summed E-state index contributed by atoms with van der Waals surface area (Å²) in [5.41, 5.74) is 0. The van der Waals surface area contributed by atoms with Crippen LogP contribution in [0.2, 0.25) is 0 Å². The van der Waals surface area contributed by atoms with Gasteiger partial charge in [-0.15, -0.1) is 0 Å². The average molecular weight is 272 g/mol. The Balaban J connectivity index is 2.49. The molecular weight excluding hydrogens is 248 g/mol. The van der Waals surface area contributed by atoms with Crippen molar-refractivity contribution < 1.29 is 19.4 Å². The maximum absolute atomic E-state index is 12.0. The highest BCUT2D eigenvalue weighted by molar-refractivity contribution is 5.76. The third-order valence-corrected chi connectivity index (χ3v) is 3.57. The number of aliphatic carboxylic acids is 1. The summed E-state index contributed by atoms with van der Waals surface area (Å²) < 4.78 is 5.19. The first-order valence-electron chi connectivity index (χ1n) is 6.76. The van der Waals surface area contributed by atoms with Crippen LogP contribution in [0.25, 0.3) is 0 Å². The van der Waals surface area contributed by atoms with Crippen LogP contribution in [-0.4, -0.2) is 54.9 Å². The molecule has 1 rings (SSSR count). The second kappa shape index (κ2) is 7.33. The Bertz CT molecular complexity index is 318. The number of likely N-dealkylation sites (tertiary alicyclic amines) is 1. The van der Waals surface area contributed by atoms with Gasteiger partial charge in [0.05, 0.1) is 12.0 Å². The number of nitrogens with zero attached hydrogens (tertiary/aromatic N) is 1. The van der Waals surface area contributed by atoms with E-state index in [1.807, 2.05) is 13.8 Å². The van der Waals surface area contributed by atoms with Crippen LogP contribution < -0.4 is 5.32 Å². The number of urea groups is 1. The summed E-state index contributed by atoms with van der Waals surface area (Å²) >= 11 is 0. The van der Waals surface area contributed by atoms with Gasteiger partial charge in [0.2, 0.25) is 0 Å². The quantitative estimate of drug-likeness (QED) is 0.787. The molecular formula is C13H24N2O4. The molecule has 1 fully saturated rings. The molecule has 3 unspecified atom stereocenters. The predicted molar refractivity (Wildman–Crippen MR) is 71.0 cm³/mol. The van der Waals surface area contributed by atoms with Gasteiger partial charge in [-0.25, -0.2) is 4.79 Å². The van der Waals surface area contributed by atoms with E-state index in [0.717, 1.165) is 6.42 Å². The Morgan fingerprint density at radius 2 is 2.16 bits per heavy atom. The highest BCUT2D eigenvalue weighted by Crippen LogP contribution is 2.21. The number of methoxy groups -OCH3 is 1. The topological polar surface area (TPSA) is 78.9 Å². The Kier molecular flexibility index (Phi) is 6.08. The lowest BCUT2D eigenvalue weighted by Crippen LogP contribution is -2.50. The first kappa shape index (κ1) is 15.8. The van der Waals surface area contributed by atoms with E-state index >= 15 is 0 Å². The van der Waals surface area contributed by atoms with E-state index in [-0.39, 0.29) is 24.6 Å². The van der Waals surface area contributed by atoms with Crippen molar-refractivity contribution in [3.8, 4) is 0 Å². The number of carboxylic acids is 1. The standard InChI is InChI=1S/C13H24N2O4/c1-4-11(19-3)6-14-13(18)15-7-9(2)5-10(8-15)12(16)17/h9-11H,4-8H2,1-3H3,(H,14,18)(H,16,17). The molecule has 0 aromatic rings. The molecule has 1 aliphatic heterocycles. The van der Waals surface area contributed by atoms with Crippen LogP contribution in [0.4, 0.5) is 4.79 Å². The van der Waals surface area contributed by atoms with Gasteiger partial charge in [0.15, 0.2) is 0 Å².